The second-order valence-corrected chi connectivity index (χ2v) is 23.9. The molecule has 0 N–H and O–H groups in total. The van der Waals surface area contributed by atoms with E-state index in [1.807, 2.05) is 0 Å². The fourth-order valence-electron chi connectivity index (χ4n) is 11.1. The minimum Gasteiger partial charge on any atom is -0.0993 e. The van der Waals surface area contributed by atoms with Gasteiger partial charge in [-0.1, -0.05) is 243 Å². The highest BCUT2D eigenvalue weighted by atomic mass is 14.8. The highest BCUT2D eigenvalue weighted by Crippen LogP contribution is 2.78. The van der Waals surface area contributed by atoms with Crippen molar-refractivity contribution >= 4 is 0 Å². The summed E-state index contributed by atoms with van der Waals surface area (Å²) in [5.41, 5.74) is 2.02. The van der Waals surface area contributed by atoms with Crippen LogP contribution in [0, 0.1) is 59.6 Å². The van der Waals surface area contributed by atoms with E-state index in [2.05, 4.69) is 166 Å². The van der Waals surface area contributed by atoms with Gasteiger partial charge >= 0.3 is 0 Å². The first kappa shape index (κ1) is 50.7. The maximum absolute atomic E-state index is 4.87. The number of rotatable bonds is 25. The normalized spacial score (nSPS) is 16.4. The molecule has 0 aliphatic rings. The average molecular weight is 715 g/mol. The van der Waals surface area contributed by atoms with Crippen LogP contribution in [0.3, 0.4) is 0 Å². The van der Waals surface area contributed by atoms with Gasteiger partial charge in [0, 0.05) is 0 Å². The van der Waals surface area contributed by atoms with Crippen LogP contribution in [0.4, 0.5) is 0 Å². The van der Waals surface area contributed by atoms with E-state index in [9.17, 15) is 0 Å². The summed E-state index contributed by atoms with van der Waals surface area (Å²) >= 11 is 0. The van der Waals surface area contributed by atoms with Crippen LogP contribution < -0.4 is 0 Å². The predicted octanol–water partition coefficient (Wildman–Crippen LogP) is 18.3. The van der Waals surface area contributed by atoms with E-state index in [0.717, 1.165) is 12.8 Å². The summed E-state index contributed by atoms with van der Waals surface area (Å²) in [7, 11) is 0. The number of unbranched alkanes of at least 4 members (excludes halogenated alkanes) is 8. The Bertz CT molecular complexity index is 1060. The van der Waals surface area contributed by atoms with Crippen molar-refractivity contribution in [2.24, 2.45) is 59.6 Å². The summed E-state index contributed by atoms with van der Waals surface area (Å²) < 4.78 is 0. The first-order chi connectivity index (χ1) is 22.6. The van der Waals surface area contributed by atoms with E-state index in [0.29, 0.717) is 0 Å². The molecule has 0 heterocycles. The van der Waals surface area contributed by atoms with Crippen molar-refractivity contribution in [1.82, 2.24) is 0 Å². The predicted molar refractivity (Wildman–Crippen MR) is 237 cm³/mol. The van der Waals surface area contributed by atoms with Gasteiger partial charge < -0.3 is 0 Å². The molecule has 0 fully saturated rings. The molecule has 306 valence electrons. The number of hydrogen-bond acceptors (Lipinski definition) is 0. The maximum Gasteiger partial charge on any atom is -0.0150 e. The average Bonchev–Trinajstić information content (AvgIpc) is 2.99. The van der Waals surface area contributed by atoms with Crippen LogP contribution in [0.5, 0.6) is 0 Å². The second-order valence-electron chi connectivity index (χ2n) is 23.9. The summed E-state index contributed by atoms with van der Waals surface area (Å²) in [5.74, 6) is 0. The molecule has 0 saturated carbocycles. The fourth-order valence-corrected chi connectivity index (χ4v) is 11.1. The third kappa shape index (κ3) is 9.24. The van der Waals surface area contributed by atoms with Crippen LogP contribution in [0.2, 0.25) is 0 Å². The summed E-state index contributed by atoms with van der Waals surface area (Å²) in [4.78, 5) is 0. The zero-order valence-electron chi connectivity index (χ0n) is 40.6. The van der Waals surface area contributed by atoms with Gasteiger partial charge in [0.15, 0.2) is 0 Å². The standard InChI is InChI=1S/C51H102/c1-26-29-31-33-34-36-38-43(9,10)46(15,16)48(19,20)50(23,24)51(25,44(11,12)39-40(4)41(5,6)28-3)49(21,22)47(17,18)45(13,14)42(7,8)37-35-32-30-27-2/h4,26-39H2,1-3,5-25H3. The first-order valence-corrected chi connectivity index (χ1v) is 22.2. The van der Waals surface area contributed by atoms with Crippen LogP contribution in [0.25, 0.3) is 0 Å². The first-order valence-electron chi connectivity index (χ1n) is 22.2. The Morgan fingerprint density at radius 2 is 0.647 bits per heavy atom. The van der Waals surface area contributed by atoms with Gasteiger partial charge in [-0.05, 0) is 85.2 Å². The highest BCUT2D eigenvalue weighted by Gasteiger charge is 2.71. The van der Waals surface area contributed by atoms with Gasteiger partial charge in [0.25, 0.3) is 0 Å². The van der Waals surface area contributed by atoms with Gasteiger partial charge in [-0.25, -0.2) is 0 Å². The van der Waals surface area contributed by atoms with Crippen molar-refractivity contribution in [3.05, 3.63) is 12.2 Å². The quantitative estimate of drug-likeness (QED) is 0.0652. The van der Waals surface area contributed by atoms with Crippen molar-refractivity contribution in [3.63, 3.8) is 0 Å². The SMILES string of the molecule is C=C(CC(C)(C)C(C)(C(C)(C)C(C)(C)C(C)(C)C(C)(C)CCCCCC)C(C)(C)C(C)(C)C(C)(C)C(C)(C)CCCCCCCC)C(C)(C)CC. The third-order valence-corrected chi connectivity index (χ3v) is 19.8. The molecule has 1 unspecified atom stereocenters. The van der Waals surface area contributed by atoms with Crippen molar-refractivity contribution < 1.29 is 0 Å². The molecule has 0 rings (SSSR count). The van der Waals surface area contributed by atoms with Crippen LogP contribution in [-0.4, -0.2) is 0 Å². The lowest BCUT2D eigenvalue weighted by Crippen LogP contribution is -2.69. The Labute approximate surface area is 326 Å². The minimum absolute atomic E-state index is 0.0150. The van der Waals surface area contributed by atoms with Crippen LogP contribution in [-0.2, 0) is 0 Å². The van der Waals surface area contributed by atoms with Crippen LogP contribution >= 0.6 is 0 Å². The van der Waals surface area contributed by atoms with Gasteiger partial charge in [-0.15, -0.1) is 0 Å². The maximum atomic E-state index is 4.87. The molecule has 0 nitrogen and oxygen atoms in total. The van der Waals surface area contributed by atoms with Crippen molar-refractivity contribution in [1.29, 1.82) is 0 Å². The van der Waals surface area contributed by atoms with Crippen molar-refractivity contribution in [2.45, 2.75) is 256 Å². The summed E-state index contributed by atoms with van der Waals surface area (Å²) in [6.45, 7) is 67.1. The second kappa shape index (κ2) is 17.3. The molecule has 51 heavy (non-hydrogen) atoms. The Hall–Kier alpha value is -0.260. The monoisotopic (exact) mass is 715 g/mol. The van der Waals surface area contributed by atoms with Gasteiger partial charge in [-0.2, -0.15) is 0 Å². The molecular formula is C51H102. The molecule has 0 aliphatic carbocycles. The zero-order chi connectivity index (χ0) is 41.0. The minimum atomic E-state index is -0.0736. The Balaban J connectivity index is 7.69. The molecule has 0 saturated heterocycles. The Kier molecular flexibility index (Phi) is 17.2. The zero-order valence-corrected chi connectivity index (χ0v) is 40.6. The third-order valence-electron chi connectivity index (χ3n) is 19.8. The van der Waals surface area contributed by atoms with Gasteiger partial charge in [0.1, 0.15) is 0 Å². The molecule has 0 spiro atoms. The van der Waals surface area contributed by atoms with Gasteiger partial charge in [-0.3, -0.25) is 0 Å². The molecule has 0 aromatic carbocycles. The molecule has 1 atom stereocenters. The van der Waals surface area contributed by atoms with Crippen molar-refractivity contribution in [2.75, 3.05) is 0 Å². The van der Waals surface area contributed by atoms with E-state index in [-0.39, 0.29) is 59.6 Å². The number of allylic oxidation sites excluding steroid dienone is 1. The lowest BCUT2D eigenvalue weighted by atomic mass is 9.29. The van der Waals surface area contributed by atoms with Crippen LogP contribution in [0.1, 0.15) is 256 Å². The molecule has 0 heteroatoms. The summed E-state index contributed by atoms with van der Waals surface area (Å²) in [5, 5.41) is 0. The van der Waals surface area contributed by atoms with E-state index in [4.69, 9.17) is 6.58 Å². The molecule has 0 aromatic heterocycles. The van der Waals surface area contributed by atoms with Crippen molar-refractivity contribution in [3.8, 4) is 0 Å². The topological polar surface area (TPSA) is 0 Å². The van der Waals surface area contributed by atoms with E-state index < -0.39 is 0 Å². The van der Waals surface area contributed by atoms with Crippen LogP contribution in [0.15, 0.2) is 12.2 Å². The molecular weight excluding hydrogens is 613 g/mol. The Morgan fingerprint density at radius 3 is 0.961 bits per heavy atom. The van der Waals surface area contributed by atoms with E-state index >= 15 is 0 Å². The lowest BCUT2D eigenvalue weighted by Gasteiger charge is -2.75. The fraction of sp³-hybridized carbons (Fsp3) is 0.961. The molecule has 0 radical (unpaired) electrons. The number of hydrogen-bond donors (Lipinski definition) is 0. The molecule has 0 amide bonds. The largest absolute Gasteiger partial charge is 0.0993 e. The van der Waals surface area contributed by atoms with E-state index in [1.165, 1.54) is 82.6 Å². The molecule has 0 bridgehead atoms. The summed E-state index contributed by atoms with van der Waals surface area (Å²) in [6, 6.07) is 0. The summed E-state index contributed by atoms with van der Waals surface area (Å²) in [6.07, 6.45) is 18.3. The Morgan fingerprint density at radius 1 is 0.353 bits per heavy atom. The van der Waals surface area contributed by atoms with Gasteiger partial charge in [0.2, 0.25) is 0 Å². The van der Waals surface area contributed by atoms with E-state index in [1.54, 1.807) is 0 Å². The molecule has 0 aliphatic heterocycles. The lowest BCUT2D eigenvalue weighted by molar-refractivity contribution is -0.268. The molecule has 0 aromatic rings. The van der Waals surface area contributed by atoms with Gasteiger partial charge in [0.05, 0.1) is 0 Å². The highest BCUT2D eigenvalue weighted by molar-refractivity contribution is 5.22. The smallest absolute Gasteiger partial charge is 0.0150 e.